The summed E-state index contributed by atoms with van der Waals surface area (Å²) in [6.45, 7) is 0. The third-order valence-corrected chi connectivity index (χ3v) is 1.08. The Morgan fingerprint density at radius 2 is 2.10 bits per heavy atom. The summed E-state index contributed by atoms with van der Waals surface area (Å²) in [5.74, 6) is -1.35. The number of benzene rings is 1. The van der Waals surface area contributed by atoms with Crippen molar-refractivity contribution in [3.8, 4) is 5.75 Å². The minimum absolute atomic E-state index is 0.0347. The van der Waals surface area contributed by atoms with Gasteiger partial charge in [0.15, 0.2) is 5.75 Å². The molecule has 0 aliphatic carbocycles. The molecule has 0 aliphatic rings. The lowest BCUT2D eigenvalue weighted by Crippen LogP contribution is -1.93. The van der Waals surface area contributed by atoms with Crippen LogP contribution in [0, 0.1) is 0 Å². The van der Waals surface area contributed by atoms with Crippen molar-refractivity contribution in [2.75, 3.05) is 0 Å². The molecule has 1 rings (SSSR count). The van der Waals surface area contributed by atoms with Crippen molar-refractivity contribution in [2.24, 2.45) is 0 Å². The SMILES string of the molecule is [O]c1cccc(C(=O)O)c1. The number of carboxylic acids is 1. The maximum atomic E-state index is 10.5. The number of carbonyl (C=O) groups is 1. The van der Waals surface area contributed by atoms with Crippen molar-refractivity contribution < 1.29 is 15.0 Å². The molecule has 0 aromatic heterocycles. The van der Waals surface area contributed by atoms with Gasteiger partial charge in [0.25, 0.3) is 0 Å². The molecule has 1 aromatic carbocycles. The molecule has 1 N–H and O–H groups in total. The molecule has 3 heteroatoms. The Labute approximate surface area is 57.5 Å². The van der Waals surface area contributed by atoms with Crippen LogP contribution >= 0.6 is 0 Å². The molecule has 0 spiro atoms. The highest BCUT2D eigenvalue weighted by molar-refractivity contribution is 5.87. The van der Waals surface area contributed by atoms with Crippen LogP contribution in [0.1, 0.15) is 10.4 Å². The molecule has 0 amide bonds. The van der Waals surface area contributed by atoms with Crippen molar-refractivity contribution in [2.45, 2.75) is 0 Å². The van der Waals surface area contributed by atoms with Gasteiger partial charge in [0.05, 0.1) is 5.56 Å². The van der Waals surface area contributed by atoms with Crippen LogP contribution in [-0.2, 0) is 5.11 Å². The quantitative estimate of drug-likeness (QED) is 0.638. The first kappa shape index (κ1) is 6.61. The zero-order valence-electron chi connectivity index (χ0n) is 5.07. The molecule has 0 saturated carbocycles. The summed E-state index contributed by atoms with van der Waals surface area (Å²) in [5, 5.41) is 18.9. The highest BCUT2D eigenvalue weighted by Gasteiger charge is 2.01. The Balaban J connectivity index is 3.07. The van der Waals surface area contributed by atoms with Crippen molar-refractivity contribution in [3.63, 3.8) is 0 Å². The van der Waals surface area contributed by atoms with Crippen molar-refractivity contribution in [1.82, 2.24) is 0 Å². The second-order valence-corrected chi connectivity index (χ2v) is 1.83. The molecule has 0 atom stereocenters. The second kappa shape index (κ2) is 2.39. The Kier molecular flexibility index (Phi) is 1.58. The van der Waals surface area contributed by atoms with Gasteiger partial charge in [0.1, 0.15) is 0 Å². The van der Waals surface area contributed by atoms with E-state index in [9.17, 15) is 9.90 Å². The van der Waals surface area contributed by atoms with Crippen LogP contribution in [0.5, 0.6) is 5.75 Å². The van der Waals surface area contributed by atoms with Crippen LogP contribution in [-0.4, -0.2) is 11.1 Å². The molecular weight excluding hydrogens is 132 g/mol. The first-order chi connectivity index (χ1) is 4.70. The Morgan fingerprint density at radius 1 is 1.40 bits per heavy atom. The van der Waals surface area contributed by atoms with Crippen molar-refractivity contribution in [1.29, 1.82) is 0 Å². The lowest BCUT2D eigenvalue weighted by atomic mass is 10.2. The lowest BCUT2D eigenvalue weighted by Gasteiger charge is -1.90. The van der Waals surface area contributed by atoms with Gasteiger partial charge in [-0.3, -0.25) is 5.11 Å². The maximum Gasteiger partial charge on any atom is 0.335 e. The molecule has 0 fully saturated rings. The number of hydrogen-bond acceptors (Lipinski definition) is 1. The van der Waals surface area contributed by atoms with Gasteiger partial charge in [-0.05, 0) is 18.2 Å². The fourth-order valence-corrected chi connectivity index (χ4v) is 0.629. The number of aromatic carboxylic acids is 1. The van der Waals surface area contributed by atoms with E-state index >= 15 is 0 Å². The van der Waals surface area contributed by atoms with E-state index in [1.807, 2.05) is 0 Å². The van der Waals surface area contributed by atoms with Gasteiger partial charge in [-0.2, -0.15) is 0 Å². The van der Waals surface area contributed by atoms with Gasteiger partial charge in [-0.15, -0.1) is 0 Å². The molecule has 0 saturated heterocycles. The van der Waals surface area contributed by atoms with E-state index < -0.39 is 5.97 Å². The zero-order chi connectivity index (χ0) is 7.56. The largest absolute Gasteiger partial charge is 0.478 e. The van der Waals surface area contributed by atoms with Gasteiger partial charge >= 0.3 is 5.97 Å². The first-order valence-corrected chi connectivity index (χ1v) is 2.70. The summed E-state index contributed by atoms with van der Waals surface area (Å²) < 4.78 is 0. The minimum Gasteiger partial charge on any atom is -0.478 e. The second-order valence-electron chi connectivity index (χ2n) is 1.83. The molecule has 51 valence electrons. The van der Waals surface area contributed by atoms with E-state index in [2.05, 4.69) is 0 Å². The lowest BCUT2D eigenvalue weighted by molar-refractivity contribution is 0.0696. The average Bonchev–Trinajstić information content (AvgIpc) is 1.88. The Morgan fingerprint density at radius 3 is 2.50 bits per heavy atom. The van der Waals surface area contributed by atoms with E-state index in [0.29, 0.717) is 0 Å². The minimum atomic E-state index is -1.07. The van der Waals surface area contributed by atoms with Gasteiger partial charge in [-0.1, -0.05) is 6.07 Å². The van der Waals surface area contributed by atoms with E-state index in [0.717, 1.165) is 6.07 Å². The highest BCUT2D eigenvalue weighted by atomic mass is 16.4. The number of carboxylic acid groups (broad SMARTS) is 1. The van der Waals surface area contributed by atoms with Crippen LogP contribution in [0.4, 0.5) is 0 Å². The van der Waals surface area contributed by atoms with Crippen LogP contribution < -0.4 is 0 Å². The van der Waals surface area contributed by atoms with Gasteiger partial charge in [0.2, 0.25) is 0 Å². The van der Waals surface area contributed by atoms with Crippen LogP contribution in [0.2, 0.25) is 0 Å². The molecule has 10 heavy (non-hydrogen) atoms. The summed E-state index contributed by atoms with van der Waals surface area (Å²) in [4.78, 5) is 10.2. The summed E-state index contributed by atoms with van der Waals surface area (Å²) in [5.41, 5.74) is 0.0347. The average molecular weight is 137 g/mol. The first-order valence-electron chi connectivity index (χ1n) is 2.70. The van der Waals surface area contributed by atoms with Crippen molar-refractivity contribution >= 4 is 5.97 Å². The van der Waals surface area contributed by atoms with Gasteiger partial charge < -0.3 is 5.11 Å². The van der Waals surface area contributed by atoms with E-state index in [1.165, 1.54) is 18.2 Å². The Bertz CT molecular complexity index is 255. The predicted octanol–water partition coefficient (Wildman–Crippen LogP) is 1.53. The van der Waals surface area contributed by atoms with E-state index in [4.69, 9.17) is 5.11 Å². The predicted molar refractivity (Wildman–Crippen MR) is 33.5 cm³/mol. The molecule has 0 heterocycles. The Hall–Kier alpha value is -1.51. The number of hydrogen-bond donors (Lipinski definition) is 1. The summed E-state index contributed by atoms with van der Waals surface area (Å²) in [7, 11) is 0. The van der Waals surface area contributed by atoms with Gasteiger partial charge in [-0.25, -0.2) is 4.79 Å². The molecule has 1 aromatic rings. The fourth-order valence-electron chi connectivity index (χ4n) is 0.629. The van der Waals surface area contributed by atoms with Crippen LogP contribution in [0.25, 0.3) is 0 Å². The maximum absolute atomic E-state index is 10.5. The normalized spacial score (nSPS) is 9.20. The van der Waals surface area contributed by atoms with Crippen molar-refractivity contribution in [3.05, 3.63) is 29.8 Å². The van der Waals surface area contributed by atoms with E-state index in [1.54, 1.807) is 0 Å². The molecule has 0 aliphatic heterocycles. The summed E-state index contributed by atoms with van der Waals surface area (Å²) >= 11 is 0. The summed E-state index contributed by atoms with van der Waals surface area (Å²) in [6, 6.07) is 5.20. The fraction of sp³-hybridized carbons (Fsp3) is 0. The van der Waals surface area contributed by atoms with E-state index in [-0.39, 0.29) is 11.3 Å². The smallest absolute Gasteiger partial charge is 0.335 e. The van der Waals surface area contributed by atoms with Crippen LogP contribution in [0.15, 0.2) is 24.3 Å². The molecule has 1 radical (unpaired) electrons. The van der Waals surface area contributed by atoms with Crippen LogP contribution in [0.3, 0.4) is 0 Å². The number of rotatable bonds is 1. The third-order valence-electron chi connectivity index (χ3n) is 1.08. The van der Waals surface area contributed by atoms with Gasteiger partial charge in [0, 0.05) is 0 Å². The molecular formula is C7H5O3. The molecule has 0 bridgehead atoms. The standard InChI is InChI=1S/C7H5O3/c8-6-3-1-2-5(4-6)7(9)10/h1-4H,(H,9,10). The molecule has 0 unspecified atom stereocenters. The monoisotopic (exact) mass is 137 g/mol. The topological polar surface area (TPSA) is 57.2 Å². The molecule has 3 nitrogen and oxygen atoms in total. The third kappa shape index (κ3) is 1.25. The summed E-state index contributed by atoms with van der Waals surface area (Å²) in [6.07, 6.45) is 0. The zero-order valence-corrected chi connectivity index (χ0v) is 5.07. The highest BCUT2D eigenvalue weighted by Crippen LogP contribution is 2.10.